The van der Waals surface area contributed by atoms with Crippen molar-refractivity contribution < 1.29 is 37.9 Å². The third-order valence-corrected chi connectivity index (χ3v) is 7.60. The summed E-state index contributed by atoms with van der Waals surface area (Å²) in [6.45, 7) is -0.404. The Kier molecular flexibility index (Phi) is 7.33. The molecule has 1 aromatic carbocycles. The monoisotopic (exact) mass is 560 g/mol. The highest BCUT2D eigenvalue weighted by molar-refractivity contribution is 7.46. The van der Waals surface area contributed by atoms with E-state index >= 15 is 0 Å². The number of phosphoric acid groups is 1. The lowest BCUT2D eigenvalue weighted by molar-refractivity contribution is -0.149. The molecule has 5 atom stereocenters. The van der Waals surface area contributed by atoms with Crippen LogP contribution >= 0.6 is 7.82 Å². The molecule has 2 aromatic heterocycles. The van der Waals surface area contributed by atoms with Crippen LogP contribution in [-0.2, 0) is 29.7 Å². The number of imidazole rings is 1. The van der Waals surface area contributed by atoms with E-state index in [0.29, 0.717) is 17.6 Å². The molecule has 2 amide bonds. The van der Waals surface area contributed by atoms with Crippen molar-refractivity contribution in [1.29, 1.82) is 0 Å². The first kappa shape index (κ1) is 26.3. The van der Waals surface area contributed by atoms with Gasteiger partial charge in [0.25, 0.3) is 0 Å². The van der Waals surface area contributed by atoms with Crippen LogP contribution in [0, 0.1) is 0 Å². The summed E-state index contributed by atoms with van der Waals surface area (Å²) in [5.41, 5.74) is 1.75. The number of nitrogens with zero attached hydrogens (tertiary/aromatic N) is 4. The molecule has 6 rings (SSSR count). The van der Waals surface area contributed by atoms with Crippen molar-refractivity contribution in [3.63, 3.8) is 0 Å². The minimum Gasteiger partial charge on any atom is -0.347 e. The zero-order valence-electron chi connectivity index (χ0n) is 20.8. The van der Waals surface area contributed by atoms with Gasteiger partial charge in [0.2, 0.25) is 0 Å². The van der Waals surface area contributed by atoms with Crippen molar-refractivity contribution in [2.75, 3.05) is 11.9 Å². The number of phosphoric ester groups is 1. The number of rotatable bonds is 8. The Labute approximate surface area is 223 Å². The minimum absolute atomic E-state index is 0.138. The van der Waals surface area contributed by atoms with Crippen LogP contribution < -0.4 is 10.6 Å². The van der Waals surface area contributed by atoms with Gasteiger partial charge in [-0.3, -0.25) is 14.4 Å². The summed E-state index contributed by atoms with van der Waals surface area (Å²) in [5, 5.41) is 5.72. The highest BCUT2D eigenvalue weighted by atomic mass is 31.2. The number of ether oxygens (including phenoxy) is 3. The molecule has 208 valence electrons. The highest BCUT2D eigenvalue weighted by Crippen LogP contribution is 2.43. The third-order valence-electron chi connectivity index (χ3n) is 7.11. The Morgan fingerprint density at radius 1 is 1.08 bits per heavy atom. The lowest BCUT2D eigenvalue weighted by atomic mass is 10.1. The number of aromatic nitrogens is 4. The van der Waals surface area contributed by atoms with E-state index in [9.17, 15) is 19.1 Å². The zero-order chi connectivity index (χ0) is 27.0. The Hall–Kier alpha value is -2.97. The van der Waals surface area contributed by atoms with Crippen LogP contribution in [0.4, 0.5) is 10.6 Å². The molecular weight excluding hydrogens is 531 g/mol. The number of fused-ring (bicyclic) bond motifs is 2. The van der Waals surface area contributed by atoms with Crippen LogP contribution in [0.3, 0.4) is 0 Å². The molecule has 15 heteroatoms. The van der Waals surface area contributed by atoms with Gasteiger partial charge in [-0.15, -0.1) is 0 Å². The number of amides is 2. The van der Waals surface area contributed by atoms with E-state index in [1.807, 2.05) is 30.3 Å². The Morgan fingerprint density at radius 2 is 1.85 bits per heavy atom. The molecule has 1 saturated carbocycles. The first-order valence-electron chi connectivity index (χ1n) is 12.8. The number of carbonyl (C=O) groups excluding carboxylic acids is 1. The van der Waals surface area contributed by atoms with Gasteiger partial charge in [0, 0.05) is 12.5 Å². The summed E-state index contributed by atoms with van der Waals surface area (Å²) < 4.78 is 36.3. The smallest absolute Gasteiger partial charge is 0.347 e. The maximum Gasteiger partial charge on any atom is 0.469 e. The molecule has 3 fully saturated rings. The van der Waals surface area contributed by atoms with Crippen molar-refractivity contribution in [2.24, 2.45) is 0 Å². The zero-order valence-corrected chi connectivity index (χ0v) is 21.7. The van der Waals surface area contributed by atoms with E-state index in [-0.39, 0.29) is 17.9 Å². The molecule has 4 heterocycles. The second kappa shape index (κ2) is 10.9. The van der Waals surface area contributed by atoms with Gasteiger partial charge in [-0.2, -0.15) is 0 Å². The molecule has 39 heavy (non-hydrogen) atoms. The summed E-state index contributed by atoms with van der Waals surface area (Å²) in [6, 6.07) is 9.46. The van der Waals surface area contributed by atoms with Crippen LogP contribution in [0.25, 0.3) is 11.2 Å². The molecule has 14 nitrogen and oxygen atoms in total. The van der Waals surface area contributed by atoms with Crippen LogP contribution in [0.5, 0.6) is 0 Å². The number of carbonyl (C=O) groups is 1. The Morgan fingerprint density at radius 3 is 2.62 bits per heavy atom. The van der Waals surface area contributed by atoms with Crippen molar-refractivity contribution in [1.82, 2.24) is 24.8 Å². The van der Waals surface area contributed by atoms with Crippen molar-refractivity contribution in [3.05, 3.63) is 48.5 Å². The van der Waals surface area contributed by atoms with Crippen molar-refractivity contribution in [3.8, 4) is 0 Å². The lowest BCUT2D eigenvalue weighted by Gasteiger charge is -2.21. The lowest BCUT2D eigenvalue weighted by Crippen LogP contribution is -2.36. The van der Waals surface area contributed by atoms with E-state index in [2.05, 4.69) is 25.6 Å². The molecule has 0 spiro atoms. The fourth-order valence-electron chi connectivity index (χ4n) is 5.36. The molecular formula is C24H29N6O8P. The average Bonchev–Trinajstić information content (AvgIpc) is 3.68. The van der Waals surface area contributed by atoms with Gasteiger partial charge in [-0.25, -0.2) is 24.3 Å². The molecule has 2 aliphatic heterocycles. The number of hydrogen-bond acceptors (Lipinski definition) is 9. The first-order chi connectivity index (χ1) is 18.8. The third kappa shape index (κ3) is 5.82. The van der Waals surface area contributed by atoms with Gasteiger partial charge in [0.1, 0.15) is 24.6 Å². The second-order valence-corrected chi connectivity index (χ2v) is 11.0. The highest BCUT2D eigenvalue weighted by Gasteiger charge is 2.54. The van der Waals surface area contributed by atoms with E-state index in [1.54, 1.807) is 4.57 Å². The molecule has 3 aliphatic rings. The predicted octanol–water partition coefficient (Wildman–Crippen LogP) is 2.25. The van der Waals surface area contributed by atoms with E-state index < -0.39 is 45.3 Å². The van der Waals surface area contributed by atoms with Crippen LogP contribution in [-0.4, -0.2) is 72.6 Å². The summed E-state index contributed by atoms with van der Waals surface area (Å²) in [7, 11) is -4.74. The molecule has 4 N–H and O–H groups in total. The maximum atomic E-state index is 12.6. The van der Waals surface area contributed by atoms with Crippen molar-refractivity contribution >= 4 is 30.8 Å². The standard InChI is InChI=1S/C24H29N6O8P/c31-24(28-15-8-4-5-9-15)29-21-18-22(26-12-25-21)30(13-27-18)23-20-19(16(36-23)11-35-39(32,33)34)37-17(38-20)10-14-6-2-1-3-7-14/h1-3,6-7,12-13,15-17,19-20,23H,4-5,8-11H2,(H2,32,33,34)(H2,25,26,28,29,31)/t16-,17?,19?,20?,23?/m1/s1. The SMILES string of the molecule is O=C(Nc1ncnc2c1ncn2C1O[C@H](COP(=O)(O)O)C2OC(Cc3ccccc3)OC21)NC1CCCC1. The average molecular weight is 561 g/mol. The maximum absolute atomic E-state index is 12.6. The Balaban J connectivity index is 1.23. The molecule has 1 aliphatic carbocycles. The molecule has 4 unspecified atom stereocenters. The number of anilines is 1. The summed E-state index contributed by atoms with van der Waals surface area (Å²) >= 11 is 0. The number of benzene rings is 1. The minimum atomic E-state index is -4.74. The van der Waals surface area contributed by atoms with Gasteiger partial charge in [0.15, 0.2) is 29.5 Å². The fraction of sp³-hybridized carbons (Fsp3) is 0.500. The van der Waals surface area contributed by atoms with Gasteiger partial charge >= 0.3 is 13.9 Å². The number of nitrogens with one attached hydrogen (secondary N) is 2. The van der Waals surface area contributed by atoms with Crippen LogP contribution in [0.2, 0.25) is 0 Å². The number of hydrogen-bond donors (Lipinski definition) is 4. The number of urea groups is 1. The van der Waals surface area contributed by atoms with Crippen molar-refractivity contribution in [2.45, 2.75) is 69.0 Å². The quantitative estimate of drug-likeness (QED) is 0.297. The molecule has 3 aromatic rings. The van der Waals surface area contributed by atoms with Gasteiger partial charge in [-0.1, -0.05) is 43.2 Å². The van der Waals surface area contributed by atoms with E-state index in [0.717, 1.165) is 31.2 Å². The van der Waals surface area contributed by atoms with Gasteiger partial charge in [0.05, 0.1) is 12.9 Å². The summed E-state index contributed by atoms with van der Waals surface area (Å²) in [4.78, 5) is 44.0. The topological polar surface area (TPSA) is 179 Å². The largest absolute Gasteiger partial charge is 0.469 e. The molecule has 2 saturated heterocycles. The summed E-state index contributed by atoms with van der Waals surface area (Å²) in [5.74, 6) is 0.246. The van der Waals surface area contributed by atoms with Gasteiger partial charge < -0.3 is 29.3 Å². The second-order valence-electron chi connectivity index (χ2n) is 9.80. The first-order valence-corrected chi connectivity index (χ1v) is 14.3. The van der Waals surface area contributed by atoms with E-state index in [4.69, 9.17) is 18.7 Å². The fourth-order valence-corrected chi connectivity index (χ4v) is 5.70. The van der Waals surface area contributed by atoms with Gasteiger partial charge in [-0.05, 0) is 18.4 Å². The molecule has 0 radical (unpaired) electrons. The molecule has 0 bridgehead atoms. The van der Waals surface area contributed by atoms with Crippen LogP contribution in [0.1, 0.15) is 37.5 Å². The normalized spacial score (nSPS) is 27.2. The Bertz CT molecular complexity index is 1360. The predicted molar refractivity (Wildman–Crippen MR) is 135 cm³/mol. The van der Waals surface area contributed by atoms with Crippen LogP contribution in [0.15, 0.2) is 43.0 Å². The summed E-state index contributed by atoms with van der Waals surface area (Å²) in [6.07, 6.45) is 3.84. The van der Waals surface area contributed by atoms with E-state index in [1.165, 1.54) is 12.7 Å².